The minimum absolute atomic E-state index is 0.0193. The summed E-state index contributed by atoms with van der Waals surface area (Å²) in [5.74, 6) is 0.718. The Kier molecular flexibility index (Phi) is 7.36. The first-order chi connectivity index (χ1) is 14.8. The van der Waals surface area contributed by atoms with Gasteiger partial charge in [0.2, 0.25) is 11.8 Å². The van der Waals surface area contributed by atoms with Crippen LogP contribution in [0.25, 0.3) is 11.4 Å². The topological polar surface area (TPSA) is 91.8 Å². The number of amides is 2. The number of aryl methyl sites for hydroxylation is 1. The summed E-state index contributed by atoms with van der Waals surface area (Å²) in [4.78, 5) is 24.6. The van der Waals surface area contributed by atoms with Crippen molar-refractivity contribution in [2.24, 2.45) is 5.92 Å². The predicted molar refractivity (Wildman–Crippen MR) is 124 cm³/mol. The molecule has 0 aliphatic heterocycles. The Bertz CT molecular complexity index is 1130. The van der Waals surface area contributed by atoms with Gasteiger partial charge >= 0.3 is 0 Å². The summed E-state index contributed by atoms with van der Waals surface area (Å²) in [7, 11) is 0. The van der Waals surface area contributed by atoms with Crippen molar-refractivity contribution < 1.29 is 9.59 Å². The molecule has 0 radical (unpaired) electrons. The minimum atomic E-state index is -0.180. The second-order valence-electron chi connectivity index (χ2n) is 7.93. The third-order valence-corrected chi connectivity index (χ3v) is 4.94. The lowest BCUT2D eigenvalue weighted by molar-refractivity contribution is -0.122. The van der Waals surface area contributed by atoms with Crippen LogP contribution in [0.3, 0.4) is 0 Å². The highest BCUT2D eigenvalue weighted by atomic mass is 32.1. The van der Waals surface area contributed by atoms with E-state index in [4.69, 9.17) is 12.2 Å². The maximum Gasteiger partial charge on any atom is 0.240 e. The van der Waals surface area contributed by atoms with Crippen molar-refractivity contribution in [3.8, 4) is 11.4 Å². The molecule has 8 heteroatoms. The van der Waals surface area contributed by atoms with Gasteiger partial charge in [0.1, 0.15) is 6.54 Å². The van der Waals surface area contributed by atoms with Crippen LogP contribution in [-0.2, 0) is 22.7 Å². The molecule has 2 amide bonds. The number of rotatable bonds is 8. The minimum Gasteiger partial charge on any atom is -0.350 e. The van der Waals surface area contributed by atoms with Gasteiger partial charge in [-0.3, -0.25) is 19.3 Å². The summed E-state index contributed by atoms with van der Waals surface area (Å²) in [6, 6.07) is 15.3. The monoisotopic (exact) mass is 437 g/mol. The standard InChI is InChI=1S/C23H27N5O2S/c1-15(2)10-20(29)25-19-9-5-7-17(12-19)13-24-21(30)14-28-22(26-27-23(28)31)18-8-4-6-16(3)11-18/h4-9,11-12,15H,10,13-14H2,1-3H3,(H,24,30)(H,25,29)(H,27,31). The van der Waals surface area contributed by atoms with Crippen molar-refractivity contribution in [1.29, 1.82) is 0 Å². The van der Waals surface area contributed by atoms with Crippen molar-refractivity contribution >= 4 is 29.7 Å². The Morgan fingerprint density at radius 2 is 1.90 bits per heavy atom. The fraction of sp³-hybridized carbons (Fsp3) is 0.304. The highest BCUT2D eigenvalue weighted by Crippen LogP contribution is 2.18. The van der Waals surface area contributed by atoms with Crippen LogP contribution in [0.5, 0.6) is 0 Å². The number of hydrogen-bond acceptors (Lipinski definition) is 4. The fourth-order valence-corrected chi connectivity index (χ4v) is 3.41. The van der Waals surface area contributed by atoms with Crippen LogP contribution < -0.4 is 10.6 Å². The molecule has 2 aromatic carbocycles. The summed E-state index contributed by atoms with van der Waals surface area (Å²) in [6.07, 6.45) is 0.468. The Balaban J connectivity index is 1.63. The molecule has 1 aromatic heterocycles. The average molecular weight is 438 g/mol. The van der Waals surface area contributed by atoms with Gasteiger partial charge in [-0.25, -0.2) is 0 Å². The molecule has 31 heavy (non-hydrogen) atoms. The lowest BCUT2D eigenvalue weighted by atomic mass is 10.1. The smallest absolute Gasteiger partial charge is 0.240 e. The molecule has 0 spiro atoms. The van der Waals surface area contributed by atoms with Gasteiger partial charge in [0.05, 0.1) is 0 Å². The van der Waals surface area contributed by atoms with E-state index in [1.165, 1.54) is 0 Å². The van der Waals surface area contributed by atoms with Crippen LogP contribution >= 0.6 is 12.2 Å². The number of aromatic nitrogens is 3. The Hall–Kier alpha value is -3.26. The first-order valence-corrected chi connectivity index (χ1v) is 10.6. The van der Waals surface area contributed by atoms with E-state index in [0.29, 0.717) is 29.5 Å². The Labute approximate surface area is 186 Å². The van der Waals surface area contributed by atoms with Gasteiger partial charge in [-0.1, -0.05) is 49.7 Å². The van der Waals surface area contributed by atoms with Crippen LogP contribution in [0, 0.1) is 17.6 Å². The second-order valence-corrected chi connectivity index (χ2v) is 8.32. The van der Waals surface area contributed by atoms with Gasteiger partial charge in [-0.05, 0) is 48.8 Å². The van der Waals surface area contributed by atoms with Crippen LogP contribution in [-0.4, -0.2) is 26.6 Å². The van der Waals surface area contributed by atoms with Crippen molar-refractivity contribution in [2.75, 3.05) is 5.32 Å². The third kappa shape index (κ3) is 6.36. The number of carbonyl (C=O) groups is 2. The highest BCUT2D eigenvalue weighted by molar-refractivity contribution is 7.71. The van der Waals surface area contributed by atoms with Gasteiger partial charge in [0.15, 0.2) is 10.6 Å². The molecule has 3 rings (SSSR count). The molecule has 3 N–H and O–H groups in total. The number of H-pyrrole nitrogens is 1. The molecule has 1 heterocycles. The highest BCUT2D eigenvalue weighted by Gasteiger charge is 2.13. The van der Waals surface area contributed by atoms with Gasteiger partial charge in [0.25, 0.3) is 0 Å². The first-order valence-electron chi connectivity index (χ1n) is 10.2. The molecule has 7 nitrogen and oxygen atoms in total. The van der Waals surface area contributed by atoms with E-state index >= 15 is 0 Å². The fourth-order valence-electron chi connectivity index (χ4n) is 3.21. The van der Waals surface area contributed by atoms with Crippen LogP contribution in [0.2, 0.25) is 0 Å². The number of hydrogen-bond donors (Lipinski definition) is 3. The molecular weight excluding hydrogens is 410 g/mol. The normalized spacial score (nSPS) is 10.8. The zero-order chi connectivity index (χ0) is 22.4. The summed E-state index contributed by atoms with van der Waals surface area (Å²) < 4.78 is 2.07. The molecule has 3 aromatic rings. The predicted octanol–water partition coefficient (Wildman–Crippen LogP) is 4.22. The SMILES string of the molecule is Cc1cccc(-c2n[nH]c(=S)n2CC(=O)NCc2cccc(NC(=O)CC(C)C)c2)c1. The summed E-state index contributed by atoms with van der Waals surface area (Å²) in [6.45, 7) is 6.41. The van der Waals surface area contributed by atoms with Gasteiger partial charge in [0, 0.05) is 24.2 Å². The van der Waals surface area contributed by atoms with Gasteiger partial charge in [-0.2, -0.15) is 5.10 Å². The van der Waals surface area contributed by atoms with Crippen molar-refractivity contribution in [3.63, 3.8) is 0 Å². The van der Waals surface area contributed by atoms with Crippen LogP contribution in [0.15, 0.2) is 48.5 Å². The number of nitrogens with one attached hydrogen (secondary N) is 3. The van der Waals surface area contributed by atoms with Crippen LogP contribution in [0.1, 0.15) is 31.4 Å². The van der Waals surface area contributed by atoms with Crippen molar-refractivity contribution in [3.05, 3.63) is 64.4 Å². The summed E-state index contributed by atoms with van der Waals surface area (Å²) >= 11 is 5.31. The number of carbonyl (C=O) groups excluding carboxylic acids is 2. The lowest BCUT2D eigenvalue weighted by Gasteiger charge is -2.11. The van der Waals surface area contributed by atoms with Crippen molar-refractivity contribution in [1.82, 2.24) is 20.1 Å². The maximum absolute atomic E-state index is 12.6. The number of anilines is 1. The molecular formula is C23H27N5O2S. The number of benzene rings is 2. The second kappa shape index (κ2) is 10.2. The van der Waals surface area contributed by atoms with E-state index in [2.05, 4.69) is 20.8 Å². The molecule has 0 aliphatic rings. The molecule has 0 saturated carbocycles. The average Bonchev–Trinajstić information content (AvgIpc) is 3.06. The van der Waals surface area contributed by atoms with E-state index in [1.807, 2.05) is 69.3 Å². The largest absolute Gasteiger partial charge is 0.350 e. The molecule has 0 bridgehead atoms. The van der Waals surface area contributed by atoms with Gasteiger partial charge < -0.3 is 10.6 Å². The maximum atomic E-state index is 12.6. The molecule has 0 atom stereocenters. The molecule has 0 aliphatic carbocycles. The quantitative estimate of drug-likeness (QED) is 0.460. The molecule has 0 unspecified atom stereocenters. The van der Waals surface area contributed by atoms with E-state index < -0.39 is 0 Å². The van der Waals surface area contributed by atoms with Crippen LogP contribution in [0.4, 0.5) is 5.69 Å². The zero-order valence-corrected chi connectivity index (χ0v) is 18.8. The summed E-state index contributed by atoms with van der Waals surface area (Å²) in [5.41, 5.74) is 3.61. The lowest BCUT2D eigenvalue weighted by Crippen LogP contribution is -2.27. The van der Waals surface area contributed by atoms with Crippen molar-refractivity contribution in [2.45, 2.75) is 40.3 Å². The van der Waals surface area contributed by atoms with E-state index in [9.17, 15) is 9.59 Å². The van der Waals surface area contributed by atoms with E-state index in [-0.39, 0.29) is 18.4 Å². The molecule has 0 fully saturated rings. The third-order valence-electron chi connectivity index (χ3n) is 4.63. The van der Waals surface area contributed by atoms with E-state index in [0.717, 1.165) is 22.4 Å². The Morgan fingerprint density at radius 3 is 2.65 bits per heavy atom. The first kappa shape index (κ1) is 22.4. The molecule has 0 saturated heterocycles. The van der Waals surface area contributed by atoms with E-state index in [1.54, 1.807) is 4.57 Å². The van der Waals surface area contributed by atoms with Gasteiger partial charge in [-0.15, -0.1) is 0 Å². The molecule has 162 valence electrons. The number of aromatic amines is 1. The zero-order valence-electron chi connectivity index (χ0n) is 17.9. The Morgan fingerprint density at radius 1 is 1.13 bits per heavy atom. The summed E-state index contributed by atoms with van der Waals surface area (Å²) in [5, 5.41) is 12.9. The number of nitrogens with zero attached hydrogens (tertiary/aromatic N) is 2.